The van der Waals surface area contributed by atoms with Crippen LogP contribution in [0.5, 0.6) is 5.75 Å². The van der Waals surface area contributed by atoms with Crippen LogP contribution < -0.4 is 21.8 Å². The van der Waals surface area contributed by atoms with Crippen LogP contribution in [0, 0.1) is 13.8 Å². The van der Waals surface area contributed by atoms with E-state index in [9.17, 15) is 50.2 Å². The van der Waals surface area contributed by atoms with E-state index in [4.69, 9.17) is 39.0 Å². The highest BCUT2D eigenvalue weighted by atomic mass is 32.2. The van der Waals surface area contributed by atoms with Crippen LogP contribution in [0.2, 0.25) is 0 Å². The third kappa shape index (κ3) is 40.3. The van der Waals surface area contributed by atoms with Crippen molar-refractivity contribution in [2.45, 2.75) is 230 Å². The molecule has 4 aromatic rings. The van der Waals surface area contributed by atoms with Gasteiger partial charge in [-0.25, -0.2) is 10.3 Å². The minimum Gasteiger partial charge on any atom is -0.505 e. The lowest BCUT2D eigenvalue weighted by Gasteiger charge is -2.22. The normalized spacial score (nSPS) is 12.0. The van der Waals surface area contributed by atoms with Gasteiger partial charge in [-0.3, -0.25) is 28.4 Å². The van der Waals surface area contributed by atoms with Crippen molar-refractivity contribution in [1.82, 2.24) is 15.7 Å². The number of rotatable bonds is 62. The first-order chi connectivity index (χ1) is 51.2. The van der Waals surface area contributed by atoms with Gasteiger partial charge in [0, 0.05) is 63.1 Å². The Labute approximate surface area is 630 Å². The van der Waals surface area contributed by atoms with Crippen molar-refractivity contribution >= 4 is 77.7 Å². The number of azo groups is 1. The van der Waals surface area contributed by atoms with Gasteiger partial charge in [0.15, 0.2) is 5.75 Å². The Hall–Kier alpha value is -6.92. The molecule has 8 N–H and O–H groups in total. The van der Waals surface area contributed by atoms with Gasteiger partial charge in [-0.2, -0.15) is 21.9 Å². The lowest BCUT2D eigenvalue weighted by molar-refractivity contribution is -0.144. The summed E-state index contributed by atoms with van der Waals surface area (Å²) >= 11 is 0. The van der Waals surface area contributed by atoms with Crippen molar-refractivity contribution < 1.29 is 83.5 Å². The van der Waals surface area contributed by atoms with Gasteiger partial charge in [-0.05, 0) is 143 Å². The number of nitrogens with zero attached hydrogens (tertiary/aromatic N) is 3. The van der Waals surface area contributed by atoms with Gasteiger partial charge >= 0.3 is 18.0 Å². The van der Waals surface area contributed by atoms with Gasteiger partial charge in [-0.1, -0.05) is 159 Å². The fourth-order valence-corrected chi connectivity index (χ4v) is 13.0. The second-order valence-electron chi connectivity index (χ2n) is 26.6. The second kappa shape index (κ2) is 55.5. The summed E-state index contributed by atoms with van der Waals surface area (Å²) in [6.07, 6.45) is 41.2. The molecule has 0 bridgehead atoms. The number of phenols is 1. The molecule has 2 amide bonds. The average Bonchev–Trinajstić information content (AvgIpc) is 0.745. The Kier molecular flexibility index (Phi) is 47.9. The van der Waals surface area contributed by atoms with Crippen LogP contribution in [0.3, 0.4) is 0 Å². The van der Waals surface area contributed by atoms with Crippen LogP contribution in [-0.2, 0) is 67.9 Å². The number of anilines is 2. The molecule has 0 fully saturated rings. The Bertz CT molecular complexity index is 3460. The van der Waals surface area contributed by atoms with E-state index >= 15 is 0 Å². The molecule has 0 saturated carbocycles. The van der Waals surface area contributed by atoms with Crippen LogP contribution in [-0.4, -0.2) is 159 Å². The van der Waals surface area contributed by atoms with Crippen molar-refractivity contribution in [2.75, 3.05) is 110 Å². The lowest BCUT2D eigenvalue weighted by atomic mass is 10.00. The van der Waals surface area contributed by atoms with Crippen molar-refractivity contribution in [3.05, 3.63) is 90.0 Å². The molecular weight excluding hydrogens is 1400 g/mol. The molecule has 0 aliphatic carbocycles. The van der Waals surface area contributed by atoms with E-state index in [1.54, 1.807) is 25.1 Å². The molecule has 0 radical (unpaired) electrons. The van der Waals surface area contributed by atoms with Crippen LogP contribution in [0.4, 0.5) is 27.5 Å². The Morgan fingerprint density at radius 3 is 1.47 bits per heavy atom. The van der Waals surface area contributed by atoms with Crippen molar-refractivity contribution in [1.29, 1.82) is 0 Å². The molecule has 0 unspecified atom stereocenters. The number of aromatic hydroxyl groups is 1. The van der Waals surface area contributed by atoms with E-state index in [1.165, 1.54) is 122 Å². The summed E-state index contributed by atoms with van der Waals surface area (Å²) in [6, 6.07) is 13.7. The molecule has 25 nitrogen and oxygen atoms in total. The number of nitrogens with two attached hydrogens (primary N) is 1. The van der Waals surface area contributed by atoms with Gasteiger partial charge in [-0.15, -0.1) is 5.11 Å². The van der Waals surface area contributed by atoms with Gasteiger partial charge in [0.2, 0.25) is 5.91 Å². The number of fused-ring (bicyclic) bond motifs is 1. The first-order valence-electron chi connectivity index (χ1n) is 38.5. The fourth-order valence-electron chi connectivity index (χ4n) is 11.6. The molecule has 0 spiro atoms. The van der Waals surface area contributed by atoms with Gasteiger partial charge in [0.1, 0.15) is 35.3 Å². The maximum Gasteiger partial charge on any atom is 0.407 e. The molecule has 0 aliphatic rings. The summed E-state index contributed by atoms with van der Waals surface area (Å²) in [6.45, 7) is 13.1. The Balaban J connectivity index is 1.02. The number of esters is 2. The standard InChI is InChI=1S/C79H123N7O18S2/c1-5-7-9-11-13-15-17-19-21-23-25-27-29-31-33-37-74(88)101-51-47-86(48-52-102-75(89)38-34-32-30-28-26-24-22-20-18-16-14-12-10-8-6-2)49-53-104-82-46-50-98-54-55-99-56-57-100-58-59-103-79(91)81-45-35-36-73(87)83-68-42-39-65(60-63(68)3)66-40-43-69(64(4)61-66)84-85-70-44-41-67-71(105(92,93)94)62-72(106(95,96)97)77(80)76(67)78(70)90/h19-22,39-44,60-62,82,90H,5-18,23-38,45-59,80H2,1-4H3,(H,81,91)(H,83,87)(H,92,93,94)(H,95,96,97)/b21-19+,22-20+,85-84?. The van der Waals surface area contributed by atoms with Crippen LogP contribution in [0.1, 0.15) is 218 Å². The number of hydrogen-bond acceptors (Lipinski definition) is 21. The molecule has 594 valence electrons. The number of allylic oxidation sites excluding steroid dienone is 4. The number of phenolic OH excluding ortho intramolecular Hbond substituents is 1. The molecule has 106 heavy (non-hydrogen) atoms. The number of carbonyl (C=O) groups excluding carboxylic acids is 4. The molecule has 0 aromatic heterocycles. The van der Waals surface area contributed by atoms with Crippen molar-refractivity contribution in [2.24, 2.45) is 10.2 Å². The largest absolute Gasteiger partial charge is 0.505 e. The summed E-state index contributed by atoms with van der Waals surface area (Å²) in [5.74, 6) is -1.36. The number of unbranched alkanes of at least 4 members (excludes halogenated alkanes) is 22. The van der Waals surface area contributed by atoms with Crippen LogP contribution >= 0.6 is 0 Å². The maximum absolute atomic E-state index is 12.8. The minimum absolute atomic E-state index is 0.0286. The number of hydrogen-bond donors (Lipinski definition) is 7. The number of benzene rings is 4. The number of carbonyl (C=O) groups is 4. The maximum atomic E-state index is 12.8. The number of hydroxylamine groups is 1. The first-order valence-corrected chi connectivity index (χ1v) is 41.4. The third-order valence-corrected chi connectivity index (χ3v) is 19.5. The van der Waals surface area contributed by atoms with Gasteiger partial charge in [0.05, 0.1) is 63.0 Å². The number of amides is 2. The second-order valence-corrected chi connectivity index (χ2v) is 29.3. The van der Waals surface area contributed by atoms with Crippen molar-refractivity contribution in [3.8, 4) is 16.9 Å². The molecule has 0 atom stereocenters. The van der Waals surface area contributed by atoms with Crippen LogP contribution in [0.25, 0.3) is 21.9 Å². The van der Waals surface area contributed by atoms with E-state index in [2.05, 4.69) is 69.4 Å². The zero-order valence-electron chi connectivity index (χ0n) is 63.5. The molecule has 0 aliphatic heterocycles. The summed E-state index contributed by atoms with van der Waals surface area (Å²) in [4.78, 5) is 56.1. The highest BCUT2D eigenvalue weighted by molar-refractivity contribution is 7.87. The number of ether oxygens (including phenoxy) is 6. The Morgan fingerprint density at radius 1 is 0.491 bits per heavy atom. The fraction of sp³-hybridized carbons (Fsp3) is 0.620. The molecule has 0 saturated heterocycles. The summed E-state index contributed by atoms with van der Waals surface area (Å²) in [7, 11) is -10.1. The summed E-state index contributed by atoms with van der Waals surface area (Å²) < 4.78 is 101. The minimum atomic E-state index is -5.08. The quantitative estimate of drug-likeness (QED) is 0.00315. The topological polar surface area (TPSA) is 352 Å². The van der Waals surface area contributed by atoms with Gasteiger partial charge < -0.3 is 54.7 Å². The molecular formula is C79H123N7O18S2. The number of alkyl carbamates (subject to hydrolysis) is 1. The molecule has 27 heteroatoms. The highest BCUT2D eigenvalue weighted by Gasteiger charge is 2.27. The number of aryl methyl sites for hydroxylation is 2. The third-order valence-electron chi connectivity index (χ3n) is 17.7. The molecule has 0 heterocycles. The Morgan fingerprint density at radius 2 is 0.953 bits per heavy atom. The lowest BCUT2D eigenvalue weighted by Crippen LogP contribution is -2.36. The van der Waals surface area contributed by atoms with E-state index in [0.29, 0.717) is 108 Å². The summed E-state index contributed by atoms with van der Waals surface area (Å²) in [5, 5.41) is 24.1. The summed E-state index contributed by atoms with van der Waals surface area (Å²) in [5.41, 5.74) is 12.1. The monoisotopic (exact) mass is 1520 g/mol. The van der Waals surface area contributed by atoms with E-state index in [0.717, 1.165) is 74.1 Å². The highest BCUT2D eigenvalue weighted by Crippen LogP contribution is 2.44. The average molecular weight is 1520 g/mol. The zero-order valence-corrected chi connectivity index (χ0v) is 65.2. The van der Waals surface area contributed by atoms with Gasteiger partial charge in [0.25, 0.3) is 20.2 Å². The number of nitrogens with one attached hydrogen (secondary N) is 3. The van der Waals surface area contributed by atoms with E-state index in [-0.39, 0.29) is 68.3 Å². The predicted molar refractivity (Wildman–Crippen MR) is 416 cm³/mol. The first kappa shape index (κ1) is 91.5. The van der Waals surface area contributed by atoms with E-state index < -0.39 is 52.9 Å². The van der Waals surface area contributed by atoms with Crippen LogP contribution in [0.15, 0.2) is 98.9 Å². The molecule has 4 rings (SSSR count). The van der Waals surface area contributed by atoms with E-state index in [1.807, 2.05) is 25.1 Å². The number of nitrogen functional groups attached to an aromatic ring is 1. The zero-order chi connectivity index (χ0) is 76.9. The molecule has 4 aromatic carbocycles. The SMILES string of the molecule is CCCCCCCC/C=C/CCCCCCCC(=O)OCCN(CCONCCOCCOCCOCCOC(=O)NCCCC(=O)Nc1ccc(-c2ccc(N=Nc3ccc4c(S(=O)(=O)O)cc(S(=O)(=O)O)c(N)c4c3O)c(C)c2)cc1C)CCOC(=O)CCCCCCC/C=C/CCCCCCCC. The smallest absolute Gasteiger partial charge is 0.407 e. The van der Waals surface area contributed by atoms with Crippen molar-refractivity contribution in [3.63, 3.8) is 0 Å². The predicted octanol–water partition coefficient (Wildman–Crippen LogP) is 16.8.